The van der Waals surface area contributed by atoms with E-state index in [0.29, 0.717) is 12.8 Å². The quantitative estimate of drug-likeness (QED) is 0.0305. The van der Waals surface area contributed by atoms with Crippen LogP contribution in [0, 0.1) is 0 Å². The monoisotopic (exact) mass is 659 g/mol. The molecule has 3 atom stereocenters. The second-order valence-corrected chi connectivity index (χ2v) is 12.4. The topological polar surface area (TPSA) is 172 Å². The largest absolute Gasteiger partial charge is 0.480 e. The Hall–Kier alpha value is -2.30. The second-order valence-electron chi connectivity index (χ2n) is 10.9. The van der Waals surface area contributed by atoms with Gasteiger partial charge in [-0.25, -0.2) is 4.57 Å². The Morgan fingerprint density at radius 3 is 1.87 bits per heavy atom. The van der Waals surface area contributed by atoms with Crippen LogP contribution in [0.3, 0.4) is 0 Å². The van der Waals surface area contributed by atoms with Crippen molar-refractivity contribution in [3.05, 3.63) is 36.5 Å². The Morgan fingerprint density at radius 1 is 0.711 bits per heavy atom. The first-order chi connectivity index (χ1) is 21.6. The van der Waals surface area contributed by atoms with Gasteiger partial charge in [0.05, 0.1) is 13.2 Å². The van der Waals surface area contributed by atoms with Crippen molar-refractivity contribution in [2.75, 3.05) is 19.8 Å². The van der Waals surface area contributed by atoms with E-state index in [4.69, 9.17) is 24.8 Å². The Bertz CT molecular complexity index is 921. The zero-order chi connectivity index (χ0) is 33.6. The second kappa shape index (κ2) is 29.1. The van der Waals surface area contributed by atoms with Crippen LogP contribution in [0.5, 0.6) is 0 Å². The molecule has 0 heterocycles. The minimum Gasteiger partial charge on any atom is -0.480 e. The van der Waals surface area contributed by atoms with Crippen LogP contribution in [0.25, 0.3) is 0 Å². The molecule has 45 heavy (non-hydrogen) atoms. The highest BCUT2D eigenvalue weighted by Crippen LogP contribution is 2.43. The van der Waals surface area contributed by atoms with Gasteiger partial charge in [0.15, 0.2) is 6.10 Å². The lowest BCUT2D eigenvalue weighted by atomic mass is 10.1. The molecule has 3 unspecified atom stereocenters. The number of carboxylic acid groups (broad SMARTS) is 1. The van der Waals surface area contributed by atoms with Gasteiger partial charge in [-0.3, -0.25) is 23.4 Å². The van der Waals surface area contributed by atoms with Crippen LogP contribution in [0.4, 0.5) is 0 Å². The number of phosphoric acid groups is 1. The SMILES string of the molecule is CC/C=C\C/C=C\C/C=C\CCCCCCCC(=O)OC(COC(=O)CCCCCCCC)COP(=O)(O)OCC(N)C(=O)O. The highest BCUT2D eigenvalue weighted by Gasteiger charge is 2.28. The summed E-state index contributed by atoms with van der Waals surface area (Å²) in [6.45, 7) is 2.55. The Labute approximate surface area is 270 Å². The van der Waals surface area contributed by atoms with Gasteiger partial charge in [-0.05, 0) is 44.9 Å². The van der Waals surface area contributed by atoms with Crippen molar-refractivity contribution >= 4 is 25.7 Å². The van der Waals surface area contributed by atoms with Crippen molar-refractivity contribution in [3.8, 4) is 0 Å². The number of phosphoric ester groups is 1. The summed E-state index contributed by atoms with van der Waals surface area (Å²) in [4.78, 5) is 45.3. The fraction of sp³-hybridized carbons (Fsp3) is 0.727. The molecular weight excluding hydrogens is 601 g/mol. The number of carbonyl (C=O) groups excluding carboxylic acids is 2. The summed E-state index contributed by atoms with van der Waals surface area (Å²) in [5.74, 6) is -2.42. The molecule has 0 bridgehead atoms. The molecular formula is C33H58NO10P. The third kappa shape index (κ3) is 28.9. The molecule has 0 aromatic heterocycles. The van der Waals surface area contributed by atoms with Gasteiger partial charge in [0.25, 0.3) is 0 Å². The minimum absolute atomic E-state index is 0.142. The lowest BCUT2D eigenvalue weighted by molar-refractivity contribution is -0.161. The van der Waals surface area contributed by atoms with Crippen molar-refractivity contribution in [1.82, 2.24) is 0 Å². The maximum Gasteiger partial charge on any atom is 0.472 e. The van der Waals surface area contributed by atoms with Gasteiger partial charge in [0.2, 0.25) is 0 Å². The Kier molecular flexibility index (Phi) is 27.6. The van der Waals surface area contributed by atoms with Crippen molar-refractivity contribution in [2.24, 2.45) is 5.73 Å². The molecule has 0 rings (SSSR count). The van der Waals surface area contributed by atoms with Crippen LogP contribution in [0.1, 0.15) is 123 Å². The predicted octanol–water partition coefficient (Wildman–Crippen LogP) is 7.33. The van der Waals surface area contributed by atoms with E-state index in [0.717, 1.165) is 83.5 Å². The number of ether oxygens (including phenoxy) is 2. The molecule has 12 heteroatoms. The average Bonchev–Trinajstić information content (AvgIpc) is 3.00. The van der Waals surface area contributed by atoms with Gasteiger partial charge in [-0.2, -0.15) is 0 Å². The standard InChI is InChI=1S/C33H58NO10P/c1-3-5-7-9-11-12-13-14-15-16-17-18-19-21-23-25-32(36)44-29(26-41-31(35)24-22-20-10-8-6-4-2)27-42-45(39,40)43-28-30(34)33(37)38/h5,7,11-12,14-15,29-30H,3-4,6,8-10,13,16-28,34H2,1-2H3,(H,37,38)(H,39,40)/b7-5-,12-11-,15-14-. The van der Waals surface area contributed by atoms with E-state index in [1.54, 1.807) is 0 Å². The number of unbranched alkanes of at least 4 members (excludes halogenated alkanes) is 10. The number of rotatable bonds is 30. The van der Waals surface area contributed by atoms with E-state index in [2.05, 4.69) is 54.8 Å². The minimum atomic E-state index is -4.70. The summed E-state index contributed by atoms with van der Waals surface area (Å²) in [6, 6.07) is -1.52. The van der Waals surface area contributed by atoms with Crippen LogP contribution >= 0.6 is 7.82 Å². The highest BCUT2D eigenvalue weighted by atomic mass is 31.2. The fourth-order valence-corrected chi connectivity index (χ4v) is 4.80. The first kappa shape index (κ1) is 42.7. The normalized spacial score (nSPS) is 14.6. The molecule has 0 amide bonds. The van der Waals surface area contributed by atoms with Crippen LogP contribution in [-0.2, 0) is 37.5 Å². The molecule has 0 aliphatic carbocycles. The van der Waals surface area contributed by atoms with Gasteiger partial charge in [0.1, 0.15) is 12.6 Å². The molecule has 0 aliphatic rings. The highest BCUT2D eigenvalue weighted by molar-refractivity contribution is 7.47. The molecule has 0 aromatic carbocycles. The Morgan fingerprint density at radius 2 is 1.24 bits per heavy atom. The van der Waals surface area contributed by atoms with E-state index in [9.17, 15) is 23.8 Å². The van der Waals surface area contributed by atoms with E-state index in [1.807, 2.05) is 0 Å². The van der Waals surface area contributed by atoms with Gasteiger partial charge >= 0.3 is 25.7 Å². The van der Waals surface area contributed by atoms with Crippen molar-refractivity contribution in [3.63, 3.8) is 0 Å². The number of carboxylic acids is 1. The fourth-order valence-electron chi connectivity index (χ4n) is 4.02. The first-order valence-electron chi connectivity index (χ1n) is 16.5. The molecule has 0 aliphatic heterocycles. The Balaban J connectivity index is 4.49. The van der Waals surface area contributed by atoms with Gasteiger partial charge in [-0.15, -0.1) is 0 Å². The molecule has 4 N–H and O–H groups in total. The van der Waals surface area contributed by atoms with Crippen LogP contribution in [0.2, 0.25) is 0 Å². The number of carbonyl (C=O) groups is 3. The van der Waals surface area contributed by atoms with E-state index >= 15 is 0 Å². The molecule has 0 spiro atoms. The molecule has 0 radical (unpaired) electrons. The van der Waals surface area contributed by atoms with Crippen LogP contribution in [-0.4, -0.2) is 59.9 Å². The van der Waals surface area contributed by atoms with Gasteiger partial charge in [0, 0.05) is 12.8 Å². The first-order valence-corrected chi connectivity index (χ1v) is 18.0. The molecule has 260 valence electrons. The summed E-state index contributed by atoms with van der Waals surface area (Å²) in [7, 11) is -4.70. The predicted molar refractivity (Wildman–Crippen MR) is 175 cm³/mol. The molecule has 0 saturated heterocycles. The van der Waals surface area contributed by atoms with E-state index in [-0.39, 0.29) is 19.4 Å². The van der Waals surface area contributed by atoms with Crippen LogP contribution in [0.15, 0.2) is 36.5 Å². The number of hydrogen-bond acceptors (Lipinski definition) is 9. The zero-order valence-electron chi connectivity index (χ0n) is 27.4. The number of nitrogens with two attached hydrogens (primary N) is 1. The molecule has 0 fully saturated rings. The van der Waals surface area contributed by atoms with Crippen LogP contribution < -0.4 is 5.73 Å². The van der Waals surface area contributed by atoms with Crippen molar-refractivity contribution in [2.45, 2.75) is 135 Å². The van der Waals surface area contributed by atoms with E-state index in [1.165, 1.54) is 0 Å². The molecule has 0 saturated carbocycles. The summed E-state index contributed by atoms with van der Waals surface area (Å²) in [5.41, 5.74) is 5.28. The molecule has 0 aromatic rings. The van der Waals surface area contributed by atoms with Gasteiger partial charge < -0.3 is 25.2 Å². The lowest BCUT2D eigenvalue weighted by Crippen LogP contribution is -2.34. The number of allylic oxidation sites excluding steroid dienone is 6. The summed E-state index contributed by atoms with van der Waals surface area (Å²) < 4.78 is 32.3. The third-order valence-corrected chi connectivity index (χ3v) is 7.60. The maximum absolute atomic E-state index is 12.5. The molecule has 11 nitrogen and oxygen atoms in total. The number of aliphatic carboxylic acids is 1. The summed E-state index contributed by atoms with van der Waals surface area (Å²) in [6.07, 6.45) is 26.9. The number of hydrogen-bond donors (Lipinski definition) is 3. The summed E-state index contributed by atoms with van der Waals surface area (Å²) in [5, 5.41) is 8.81. The lowest BCUT2D eigenvalue weighted by Gasteiger charge is -2.20. The zero-order valence-corrected chi connectivity index (χ0v) is 28.3. The third-order valence-electron chi connectivity index (χ3n) is 6.65. The van der Waals surface area contributed by atoms with Gasteiger partial charge in [-0.1, -0.05) is 102 Å². The average molecular weight is 660 g/mol. The maximum atomic E-state index is 12.5. The number of esters is 2. The smallest absolute Gasteiger partial charge is 0.472 e. The van der Waals surface area contributed by atoms with Crippen molar-refractivity contribution < 1.29 is 47.5 Å². The van der Waals surface area contributed by atoms with Crippen molar-refractivity contribution in [1.29, 1.82) is 0 Å². The van der Waals surface area contributed by atoms with E-state index < -0.39 is 51.1 Å². The summed E-state index contributed by atoms with van der Waals surface area (Å²) >= 11 is 0.